The van der Waals surface area contributed by atoms with Gasteiger partial charge in [0.05, 0.1) is 34.0 Å². The highest BCUT2D eigenvalue weighted by Gasteiger charge is 2.16. The van der Waals surface area contributed by atoms with Crippen LogP contribution < -0.4 is 0 Å². The number of rotatable bonds is 1. The van der Waals surface area contributed by atoms with Crippen molar-refractivity contribution in [3.8, 4) is 5.69 Å². The van der Waals surface area contributed by atoms with E-state index in [1.807, 2.05) is 36.4 Å². The average Bonchev–Trinajstić information content (AvgIpc) is 3.10. The lowest BCUT2D eigenvalue weighted by atomic mass is 10.3. The van der Waals surface area contributed by atoms with Gasteiger partial charge in [0.25, 0.3) is 0 Å². The molecule has 5 rings (SSSR count). The minimum atomic E-state index is 0.481. The van der Waals surface area contributed by atoms with Crippen LogP contribution in [0, 0.1) is 0 Å². The summed E-state index contributed by atoms with van der Waals surface area (Å²) in [5, 5.41) is 0.481. The van der Waals surface area contributed by atoms with E-state index in [9.17, 15) is 0 Å². The molecular weight excluding hydrogens is 308 g/mol. The zero-order valence-corrected chi connectivity index (χ0v) is 12.8. The summed E-state index contributed by atoms with van der Waals surface area (Å²) in [5.74, 6) is 0.872. The molecule has 3 heterocycles. The highest BCUT2D eigenvalue weighted by atomic mass is 35.5. The van der Waals surface area contributed by atoms with E-state index in [-0.39, 0.29) is 0 Å². The summed E-state index contributed by atoms with van der Waals surface area (Å²) in [6, 6.07) is 20.2. The summed E-state index contributed by atoms with van der Waals surface area (Å²) in [6.45, 7) is 0. The molecule has 110 valence electrons. The summed E-state index contributed by atoms with van der Waals surface area (Å²) >= 11 is 5.93. The van der Waals surface area contributed by atoms with Gasteiger partial charge < -0.3 is 0 Å². The lowest BCUT2D eigenvalue weighted by Gasteiger charge is -2.04. The van der Waals surface area contributed by atoms with Crippen molar-refractivity contribution in [1.82, 2.24) is 18.9 Å². The first kappa shape index (κ1) is 12.7. The van der Waals surface area contributed by atoms with Gasteiger partial charge >= 0.3 is 0 Å². The molecule has 0 aliphatic heterocycles. The summed E-state index contributed by atoms with van der Waals surface area (Å²) < 4.78 is 4.29. The van der Waals surface area contributed by atoms with E-state index in [2.05, 4.69) is 32.2 Å². The minimum absolute atomic E-state index is 0.481. The molecule has 0 spiro atoms. The molecule has 0 radical (unpaired) electrons. The maximum atomic E-state index is 5.93. The zero-order valence-electron chi connectivity index (χ0n) is 12.0. The van der Waals surface area contributed by atoms with Crippen LogP contribution >= 0.6 is 11.6 Å². The third kappa shape index (κ3) is 1.72. The van der Waals surface area contributed by atoms with Crippen molar-refractivity contribution < 1.29 is 0 Å². The highest BCUT2D eigenvalue weighted by Crippen LogP contribution is 2.28. The Hall–Kier alpha value is -2.85. The van der Waals surface area contributed by atoms with E-state index in [0.717, 1.165) is 33.5 Å². The monoisotopic (exact) mass is 318 g/mol. The molecular formula is C18H11ClN4. The van der Waals surface area contributed by atoms with Gasteiger partial charge in [0.1, 0.15) is 5.15 Å². The van der Waals surface area contributed by atoms with Gasteiger partial charge in [0.2, 0.25) is 5.78 Å². The van der Waals surface area contributed by atoms with E-state index < -0.39 is 0 Å². The van der Waals surface area contributed by atoms with Gasteiger partial charge in [-0.1, -0.05) is 35.9 Å². The first-order chi connectivity index (χ1) is 11.3. The molecule has 0 amide bonds. The third-order valence-electron chi connectivity index (χ3n) is 4.08. The fraction of sp³-hybridized carbons (Fsp3) is 0. The number of imidazole rings is 2. The molecule has 0 fully saturated rings. The van der Waals surface area contributed by atoms with Gasteiger partial charge in [-0.2, -0.15) is 0 Å². The zero-order chi connectivity index (χ0) is 15.4. The second-order valence-corrected chi connectivity index (χ2v) is 5.79. The Labute approximate surface area is 136 Å². The van der Waals surface area contributed by atoms with Crippen LogP contribution in [0.4, 0.5) is 0 Å². The van der Waals surface area contributed by atoms with E-state index in [1.54, 1.807) is 12.3 Å². The molecule has 0 atom stereocenters. The van der Waals surface area contributed by atoms with Crippen molar-refractivity contribution >= 4 is 39.4 Å². The molecule has 3 aromatic heterocycles. The van der Waals surface area contributed by atoms with Crippen molar-refractivity contribution in [2.45, 2.75) is 0 Å². The molecule has 2 aromatic carbocycles. The first-order valence-electron chi connectivity index (χ1n) is 7.31. The van der Waals surface area contributed by atoms with Crippen LogP contribution in [0.2, 0.25) is 5.15 Å². The number of para-hydroxylation sites is 4. The fourth-order valence-electron chi connectivity index (χ4n) is 3.11. The SMILES string of the molecule is Clc1ccc(-n2c3ccccc3n3c4ccccc4nc23)cn1. The third-order valence-corrected chi connectivity index (χ3v) is 4.30. The number of aromatic nitrogens is 4. The van der Waals surface area contributed by atoms with Gasteiger partial charge in [0.15, 0.2) is 0 Å². The summed E-state index contributed by atoms with van der Waals surface area (Å²) in [7, 11) is 0. The molecule has 4 nitrogen and oxygen atoms in total. The first-order valence-corrected chi connectivity index (χ1v) is 7.69. The molecule has 0 saturated heterocycles. The van der Waals surface area contributed by atoms with Gasteiger partial charge in [-0.3, -0.25) is 8.97 Å². The van der Waals surface area contributed by atoms with Crippen molar-refractivity contribution in [2.75, 3.05) is 0 Å². The van der Waals surface area contributed by atoms with Crippen molar-refractivity contribution in [3.05, 3.63) is 72.0 Å². The molecule has 5 heteroatoms. The topological polar surface area (TPSA) is 35.1 Å². The van der Waals surface area contributed by atoms with E-state index >= 15 is 0 Å². The van der Waals surface area contributed by atoms with Gasteiger partial charge in [-0.15, -0.1) is 0 Å². The van der Waals surface area contributed by atoms with Gasteiger partial charge in [-0.05, 0) is 36.4 Å². The van der Waals surface area contributed by atoms with Gasteiger partial charge in [0, 0.05) is 0 Å². The predicted molar refractivity (Wildman–Crippen MR) is 92.3 cm³/mol. The molecule has 0 N–H and O–H groups in total. The van der Waals surface area contributed by atoms with Gasteiger partial charge in [-0.25, -0.2) is 9.97 Å². The summed E-state index contributed by atoms with van der Waals surface area (Å²) in [4.78, 5) is 9.03. The Bertz CT molecular complexity index is 1170. The van der Waals surface area contributed by atoms with Crippen molar-refractivity contribution in [2.24, 2.45) is 0 Å². The number of fused-ring (bicyclic) bond motifs is 5. The standard InChI is InChI=1S/C18H11ClN4/c19-17-10-9-12(11-20-17)22-15-7-3-4-8-16(15)23-14-6-2-1-5-13(14)21-18(22)23/h1-11H. The number of hydrogen-bond acceptors (Lipinski definition) is 2. The van der Waals surface area contributed by atoms with E-state index in [1.165, 1.54) is 0 Å². The molecule has 0 saturated carbocycles. The molecule has 23 heavy (non-hydrogen) atoms. The number of nitrogens with zero attached hydrogens (tertiary/aromatic N) is 4. The van der Waals surface area contributed by atoms with Crippen LogP contribution in [0.25, 0.3) is 33.5 Å². The Morgan fingerprint density at radius 1 is 0.783 bits per heavy atom. The van der Waals surface area contributed by atoms with Crippen LogP contribution in [-0.2, 0) is 0 Å². The quantitative estimate of drug-likeness (QED) is 0.427. The van der Waals surface area contributed by atoms with Crippen LogP contribution in [0.1, 0.15) is 0 Å². The number of pyridine rings is 1. The lowest BCUT2D eigenvalue weighted by Crippen LogP contribution is -1.95. The molecule has 0 bridgehead atoms. The summed E-state index contributed by atoms with van der Waals surface area (Å²) in [5.41, 5.74) is 5.22. The fourth-order valence-corrected chi connectivity index (χ4v) is 3.22. The van der Waals surface area contributed by atoms with E-state index in [4.69, 9.17) is 16.6 Å². The second-order valence-electron chi connectivity index (χ2n) is 5.40. The van der Waals surface area contributed by atoms with Crippen LogP contribution in [-0.4, -0.2) is 18.9 Å². The number of benzene rings is 2. The Balaban J connectivity index is 2.01. The highest BCUT2D eigenvalue weighted by molar-refractivity contribution is 6.29. The minimum Gasteiger partial charge on any atom is -0.277 e. The van der Waals surface area contributed by atoms with Crippen LogP contribution in [0.3, 0.4) is 0 Å². The molecule has 0 unspecified atom stereocenters. The maximum absolute atomic E-state index is 5.93. The average molecular weight is 319 g/mol. The van der Waals surface area contributed by atoms with Crippen LogP contribution in [0.5, 0.6) is 0 Å². The maximum Gasteiger partial charge on any atom is 0.220 e. The predicted octanol–water partition coefficient (Wildman–Crippen LogP) is 4.48. The largest absolute Gasteiger partial charge is 0.277 e. The number of hydrogen-bond donors (Lipinski definition) is 0. The van der Waals surface area contributed by atoms with Crippen molar-refractivity contribution in [3.63, 3.8) is 0 Å². The smallest absolute Gasteiger partial charge is 0.220 e. The Morgan fingerprint density at radius 3 is 2.30 bits per heavy atom. The molecule has 0 aliphatic rings. The molecule has 5 aromatic rings. The Morgan fingerprint density at radius 2 is 1.52 bits per heavy atom. The van der Waals surface area contributed by atoms with Crippen molar-refractivity contribution in [1.29, 1.82) is 0 Å². The van der Waals surface area contributed by atoms with E-state index in [0.29, 0.717) is 5.15 Å². The normalized spacial score (nSPS) is 11.7. The number of halogens is 1. The second kappa shape index (κ2) is 4.57. The Kier molecular flexibility index (Phi) is 2.52. The van der Waals surface area contributed by atoms with Crippen LogP contribution in [0.15, 0.2) is 66.9 Å². The summed E-state index contributed by atoms with van der Waals surface area (Å²) in [6.07, 6.45) is 1.77. The lowest BCUT2D eigenvalue weighted by molar-refractivity contribution is 1.09. The molecule has 0 aliphatic carbocycles.